The third-order valence-corrected chi connectivity index (χ3v) is 3.85. The summed E-state index contributed by atoms with van der Waals surface area (Å²) in [7, 11) is -2.38. The van der Waals surface area contributed by atoms with Crippen LogP contribution in [0.25, 0.3) is 0 Å². The fourth-order valence-corrected chi connectivity index (χ4v) is 2.71. The van der Waals surface area contributed by atoms with E-state index in [1.54, 1.807) is 12.1 Å². The molecule has 0 aliphatic carbocycles. The maximum Gasteiger partial charge on any atom is 0.340 e. The van der Waals surface area contributed by atoms with E-state index in [0.29, 0.717) is 0 Å². The molecule has 0 aliphatic heterocycles. The second kappa shape index (κ2) is 7.07. The van der Waals surface area contributed by atoms with Crippen LogP contribution in [-0.4, -0.2) is 46.7 Å². The monoisotopic (exact) mass is 314 g/mol. The van der Waals surface area contributed by atoms with E-state index in [2.05, 4.69) is 10.1 Å². The predicted octanol–water partition coefficient (Wildman–Crippen LogP) is 0.375. The molecular weight excluding hydrogens is 296 g/mol. The molecule has 0 fully saturated rings. The number of rotatable bonds is 6. The van der Waals surface area contributed by atoms with Gasteiger partial charge in [0.15, 0.2) is 0 Å². The van der Waals surface area contributed by atoms with E-state index < -0.39 is 16.0 Å². The predicted molar refractivity (Wildman–Crippen MR) is 78.7 cm³/mol. The lowest BCUT2D eigenvalue weighted by atomic mass is 10.2. The van der Waals surface area contributed by atoms with Crippen molar-refractivity contribution >= 4 is 27.6 Å². The number of esters is 1. The van der Waals surface area contributed by atoms with Crippen LogP contribution < -0.4 is 9.62 Å². The Morgan fingerprint density at radius 2 is 1.90 bits per heavy atom. The van der Waals surface area contributed by atoms with Crippen molar-refractivity contribution in [1.82, 2.24) is 5.32 Å². The smallest absolute Gasteiger partial charge is 0.340 e. The minimum absolute atomic E-state index is 0.0203. The Morgan fingerprint density at radius 3 is 2.43 bits per heavy atom. The number of hydrogen-bond acceptors (Lipinski definition) is 5. The molecule has 1 aromatic rings. The lowest BCUT2D eigenvalue weighted by Gasteiger charge is -2.24. The molecule has 1 rings (SSSR count). The molecule has 0 bridgehead atoms. The van der Waals surface area contributed by atoms with Crippen LogP contribution in [-0.2, 0) is 19.6 Å². The molecular formula is C13H18N2O5S. The number of sulfonamides is 1. The summed E-state index contributed by atoms with van der Waals surface area (Å²) >= 11 is 0. The Labute approximate surface area is 123 Å². The molecule has 0 spiro atoms. The maximum absolute atomic E-state index is 11.9. The van der Waals surface area contributed by atoms with Gasteiger partial charge in [-0.25, -0.2) is 13.2 Å². The van der Waals surface area contributed by atoms with Crippen molar-refractivity contribution in [2.24, 2.45) is 0 Å². The van der Waals surface area contributed by atoms with Crippen LogP contribution in [0.1, 0.15) is 17.3 Å². The highest BCUT2D eigenvalue weighted by Crippen LogP contribution is 2.23. The number of nitrogens with zero attached hydrogens (tertiary/aromatic N) is 1. The zero-order valence-electron chi connectivity index (χ0n) is 12.1. The van der Waals surface area contributed by atoms with E-state index in [-0.39, 0.29) is 30.2 Å². The van der Waals surface area contributed by atoms with Crippen molar-refractivity contribution in [3.63, 3.8) is 0 Å². The average Bonchev–Trinajstić information content (AvgIpc) is 2.41. The van der Waals surface area contributed by atoms with Crippen LogP contribution in [0, 0.1) is 0 Å². The van der Waals surface area contributed by atoms with Crippen LogP contribution in [0.5, 0.6) is 0 Å². The normalized spacial score (nSPS) is 10.8. The number of para-hydroxylation sites is 1. The van der Waals surface area contributed by atoms with Gasteiger partial charge < -0.3 is 10.1 Å². The Morgan fingerprint density at radius 1 is 1.29 bits per heavy atom. The first-order valence-electron chi connectivity index (χ1n) is 6.17. The fraction of sp³-hybridized carbons (Fsp3) is 0.385. The van der Waals surface area contributed by atoms with Gasteiger partial charge in [-0.3, -0.25) is 9.10 Å². The number of anilines is 1. The summed E-state index contributed by atoms with van der Waals surface area (Å²) in [6, 6.07) is 6.24. The molecule has 7 nitrogen and oxygen atoms in total. The molecule has 0 aliphatic rings. The molecule has 0 atom stereocenters. The van der Waals surface area contributed by atoms with Crippen LogP contribution >= 0.6 is 0 Å². The second-order valence-electron chi connectivity index (χ2n) is 4.33. The summed E-state index contributed by atoms with van der Waals surface area (Å²) in [6.45, 7) is 1.50. The highest BCUT2D eigenvalue weighted by atomic mass is 32.2. The minimum Gasteiger partial charge on any atom is -0.465 e. The fourth-order valence-electron chi connectivity index (χ4n) is 1.77. The van der Waals surface area contributed by atoms with E-state index in [4.69, 9.17) is 0 Å². The molecule has 0 aromatic heterocycles. The first kappa shape index (κ1) is 17.0. The van der Waals surface area contributed by atoms with Crippen LogP contribution in [0.4, 0.5) is 5.69 Å². The Kier molecular flexibility index (Phi) is 5.71. The topological polar surface area (TPSA) is 92.8 Å². The molecule has 1 N–H and O–H groups in total. The van der Waals surface area contributed by atoms with E-state index >= 15 is 0 Å². The number of methoxy groups -OCH3 is 1. The van der Waals surface area contributed by atoms with Gasteiger partial charge in [-0.05, 0) is 12.1 Å². The SMILES string of the molecule is COC(=O)c1ccccc1N(CCNC(C)=O)S(C)(=O)=O. The van der Waals surface area contributed by atoms with Crippen LogP contribution in [0.15, 0.2) is 24.3 Å². The number of carbonyl (C=O) groups is 2. The summed E-state index contributed by atoms with van der Waals surface area (Å²) in [6.07, 6.45) is 1.04. The molecule has 1 aromatic carbocycles. The Balaban J connectivity index is 3.15. The van der Waals surface area contributed by atoms with Crippen LogP contribution in [0.3, 0.4) is 0 Å². The van der Waals surface area contributed by atoms with Crippen molar-refractivity contribution in [1.29, 1.82) is 0 Å². The summed E-state index contributed by atoms with van der Waals surface area (Å²) in [5.74, 6) is -0.886. The molecule has 0 radical (unpaired) electrons. The van der Waals surface area contributed by atoms with E-state index in [9.17, 15) is 18.0 Å². The molecule has 0 unspecified atom stereocenters. The van der Waals surface area contributed by atoms with Gasteiger partial charge >= 0.3 is 5.97 Å². The summed E-state index contributed by atoms with van der Waals surface area (Å²) in [5, 5.41) is 2.52. The molecule has 116 valence electrons. The lowest BCUT2D eigenvalue weighted by molar-refractivity contribution is -0.118. The number of nitrogens with one attached hydrogen (secondary N) is 1. The highest BCUT2D eigenvalue weighted by Gasteiger charge is 2.23. The lowest BCUT2D eigenvalue weighted by Crippen LogP contribution is -2.38. The van der Waals surface area contributed by atoms with Gasteiger partial charge in [-0.15, -0.1) is 0 Å². The second-order valence-corrected chi connectivity index (χ2v) is 6.23. The van der Waals surface area contributed by atoms with Gasteiger partial charge in [-0.1, -0.05) is 12.1 Å². The van der Waals surface area contributed by atoms with Crippen molar-refractivity contribution in [3.05, 3.63) is 29.8 Å². The third kappa shape index (κ3) is 4.75. The summed E-state index contributed by atoms with van der Waals surface area (Å²) in [5.41, 5.74) is 0.366. The van der Waals surface area contributed by atoms with Crippen molar-refractivity contribution in [2.45, 2.75) is 6.92 Å². The van der Waals surface area contributed by atoms with E-state index in [0.717, 1.165) is 10.6 Å². The first-order valence-corrected chi connectivity index (χ1v) is 8.01. The molecule has 0 heterocycles. The number of amides is 1. The molecule has 21 heavy (non-hydrogen) atoms. The van der Waals surface area contributed by atoms with Crippen molar-refractivity contribution < 1.29 is 22.7 Å². The Hall–Kier alpha value is -2.09. The van der Waals surface area contributed by atoms with Gasteiger partial charge in [0.2, 0.25) is 15.9 Å². The van der Waals surface area contributed by atoms with Crippen molar-refractivity contribution in [2.75, 3.05) is 30.8 Å². The zero-order chi connectivity index (χ0) is 16.0. The van der Waals surface area contributed by atoms with Crippen molar-refractivity contribution in [3.8, 4) is 0 Å². The van der Waals surface area contributed by atoms with Crippen LogP contribution in [0.2, 0.25) is 0 Å². The number of hydrogen-bond donors (Lipinski definition) is 1. The van der Waals surface area contributed by atoms with E-state index in [1.807, 2.05) is 0 Å². The number of benzene rings is 1. The van der Waals surface area contributed by atoms with Gasteiger partial charge in [0.05, 0.1) is 31.2 Å². The Bertz CT molecular complexity index is 627. The first-order chi connectivity index (χ1) is 9.77. The molecule has 1 amide bonds. The zero-order valence-corrected chi connectivity index (χ0v) is 12.9. The summed E-state index contributed by atoms with van der Waals surface area (Å²) in [4.78, 5) is 22.6. The maximum atomic E-state index is 11.9. The molecule has 0 saturated heterocycles. The van der Waals surface area contributed by atoms with Gasteiger partial charge in [-0.2, -0.15) is 0 Å². The largest absolute Gasteiger partial charge is 0.465 e. The number of ether oxygens (including phenoxy) is 1. The van der Waals surface area contributed by atoms with Gasteiger partial charge in [0.25, 0.3) is 0 Å². The quantitative estimate of drug-likeness (QED) is 0.766. The average molecular weight is 314 g/mol. The molecule has 0 saturated carbocycles. The third-order valence-electron chi connectivity index (χ3n) is 2.67. The van der Waals surface area contributed by atoms with Gasteiger partial charge in [0.1, 0.15) is 0 Å². The summed E-state index contributed by atoms with van der Waals surface area (Å²) < 4.78 is 29.6. The highest BCUT2D eigenvalue weighted by molar-refractivity contribution is 7.92. The molecule has 8 heteroatoms. The van der Waals surface area contributed by atoms with E-state index in [1.165, 1.54) is 26.2 Å². The number of carbonyl (C=O) groups excluding carboxylic acids is 2. The van der Waals surface area contributed by atoms with Gasteiger partial charge in [0, 0.05) is 13.5 Å². The minimum atomic E-state index is -3.61. The standard InChI is InChI=1S/C13H18N2O5S/c1-10(16)14-8-9-15(21(3,18)19)12-7-5-4-6-11(12)13(17)20-2/h4-7H,8-9H2,1-3H3,(H,14,16).